The lowest BCUT2D eigenvalue weighted by atomic mass is 9.80. The molecule has 0 aromatic heterocycles. The Morgan fingerprint density at radius 1 is 0.639 bits per heavy atom. The van der Waals surface area contributed by atoms with E-state index in [-0.39, 0.29) is 59.9 Å². The van der Waals surface area contributed by atoms with Gasteiger partial charge in [-0.2, -0.15) is 25.3 Å². The molecule has 2 unspecified atom stereocenters. The number of hydrogen-bond donors (Lipinski definition) is 2. The van der Waals surface area contributed by atoms with E-state index in [4.69, 9.17) is 0 Å². The van der Waals surface area contributed by atoms with Gasteiger partial charge in [0.1, 0.15) is 11.6 Å². The van der Waals surface area contributed by atoms with Gasteiger partial charge in [-0.1, -0.05) is 0 Å². The van der Waals surface area contributed by atoms with Crippen molar-refractivity contribution in [2.75, 3.05) is 13.1 Å². The molecule has 8 nitrogen and oxygen atoms in total. The molecule has 36 heavy (non-hydrogen) atoms. The maximum absolute atomic E-state index is 11.7. The minimum atomic E-state index is -0.453. The maximum atomic E-state index is 11.7. The number of ketones is 2. The molecule has 4 aliphatic rings. The Morgan fingerprint density at radius 2 is 0.944 bits per heavy atom. The van der Waals surface area contributed by atoms with Crippen molar-refractivity contribution in [1.82, 2.24) is 9.80 Å². The molecule has 0 aromatic rings. The third-order valence-corrected chi connectivity index (χ3v) is 8.97. The number of likely N-dealkylation sites (tertiary alicyclic amines) is 2. The third-order valence-electron chi connectivity index (χ3n) is 8.17. The second-order valence-electron chi connectivity index (χ2n) is 10.8. The summed E-state index contributed by atoms with van der Waals surface area (Å²) in [5.74, 6) is 1.08. The summed E-state index contributed by atoms with van der Waals surface area (Å²) in [5.41, 5.74) is 0. The highest BCUT2D eigenvalue weighted by molar-refractivity contribution is 7.82. The summed E-state index contributed by atoms with van der Waals surface area (Å²) >= 11 is 8.22. The van der Waals surface area contributed by atoms with Crippen molar-refractivity contribution >= 4 is 60.5 Å². The van der Waals surface area contributed by atoms with Crippen molar-refractivity contribution in [2.45, 2.75) is 88.6 Å². The van der Waals surface area contributed by atoms with Crippen molar-refractivity contribution in [3.63, 3.8) is 0 Å². The van der Waals surface area contributed by atoms with Crippen molar-refractivity contribution in [3.05, 3.63) is 0 Å². The van der Waals surface area contributed by atoms with Crippen molar-refractivity contribution < 1.29 is 28.8 Å². The number of hydrogen-bond acceptors (Lipinski definition) is 8. The molecular weight excluding hydrogens is 500 g/mol. The molecule has 0 radical (unpaired) electrons. The number of carbonyl (C=O) groups is 6. The third kappa shape index (κ3) is 7.21. The molecule has 0 N–H and O–H groups in total. The number of Topliss-reactive ketones (excluding diaryl/α,β-unsaturated/α-hetero) is 2. The van der Waals surface area contributed by atoms with E-state index in [1.54, 1.807) is 13.8 Å². The van der Waals surface area contributed by atoms with Gasteiger partial charge in [-0.05, 0) is 77.0 Å². The van der Waals surface area contributed by atoms with Crippen LogP contribution >= 0.6 is 25.3 Å². The van der Waals surface area contributed by atoms with E-state index in [1.165, 1.54) is 9.80 Å². The van der Waals surface area contributed by atoms with Crippen LogP contribution in [0, 0.1) is 23.7 Å². The first-order valence-corrected chi connectivity index (χ1v) is 14.1. The Balaban J connectivity index is 0.000000201. The van der Waals surface area contributed by atoms with Crippen molar-refractivity contribution in [1.29, 1.82) is 0 Å². The lowest BCUT2D eigenvalue weighted by molar-refractivity contribution is -0.140. The summed E-state index contributed by atoms with van der Waals surface area (Å²) in [5, 5.41) is -0.905. The second-order valence-corrected chi connectivity index (χ2v) is 12.0. The summed E-state index contributed by atoms with van der Waals surface area (Å²) in [7, 11) is 0. The van der Waals surface area contributed by atoms with Gasteiger partial charge in [0.2, 0.25) is 23.6 Å². The van der Waals surface area contributed by atoms with Crippen molar-refractivity contribution in [2.24, 2.45) is 23.7 Å². The first-order chi connectivity index (χ1) is 17.0. The van der Waals surface area contributed by atoms with Crippen LogP contribution in [-0.2, 0) is 28.8 Å². The van der Waals surface area contributed by atoms with Crippen LogP contribution in [0.25, 0.3) is 0 Å². The van der Waals surface area contributed by atoms with Gasteiger partial charge >= 0.3 is 0 Å². The highest BCUT2D eigenvalue weighted by Crippen LogP contribution is 2.32. The van der Waals surface area contributed by atoms with Crippen LogP contribution in [-0.4, -0.2) is 68.6 Å². The quantitative estimate of drug-likeness (QED) is 0.398. The van der Waals surface area contributed by atoms with Crippen LogP contribution in [0.15, 0.2) is 0 Å². The summed E-state index contributed by atoms with van der Waals surface area (Å²) < 4.78 is 0. The number of rotatable bonds is 6. The van der Waals surface area contributed by atoms with Gasteiger partial charge in [0.25, 0.3) is 0 Å². The fourth-order valence-electron chi connectivity index (χ4n) is 5.73. The van der Waals surface area contributed by atoms with Crippen LogP contribution in [0.2, 0.25) is 0 Å². The fourth-order valence-corrected chi connectivity index (χ4v) is 6.33. The van der Waals surface area contributed by atoms with Gasteiger partial charge in [0.15, 0.2) is 0 Å². The summed E-state index contributed by atoms with van der Waals surface area (Å²) in [6, 6.07) is 0. The van der Waals surface area contributed by atoms with Crippen LogP contribution in [0.1, 0.15) is 78.1 Å². The highest BCUT2D eigenvalue weighted by Gasteiger charge is 2.39. The van der Waals surface area contributed by atoms with E-state index >= 15 is 0 Å². The molecule has 2 atom stereocenters. The first kappa shape index (κ1) is 28.9. The molecule has 0 aromatic carbocycles. The fraction of sp³-hybridized carbons (Fsp3) is 0.769. The van der Waals surface area contributed by atoms with Crippen LogP contribution < -0.4 is 0 Å². The molecule has 4 fully saturated rings. The monoisotopic (exact) mass is 538 g/mol. The van der Waals surface area contributed by atoms with E-state index in [2.05, 4.69) is 25.3 Å². The lowest BCUT2D eigenvalue weighted by Gasteiger charge is -2.29. The highest BCUT2D eigenvalue weighted by atomic mass is 32.1. The Labute approximate surface area is 224 Å². The molecule has 2 saturated carbocycles. The van der Waals surface area contributed by atoms with Gasteiger partial charge in [-0.3, -0.25) is 38.6 Å². The number of carbonyl (C=O) groups excluding carboxylic acids is 6. The van der Waals surface area contributed by atoms with Gasteiger partial charge in [-0.15, -0.1) is 0 Å². The smallest absolute Gasteiger partial charge is 0.242 e. The van der Waals surface area contributed by atoms with Crippen LogP contribution in [0.4, 0.5) is 0 Å². The second kappa shape index (κ2) is 12.7. The molecule has 2 saturated heterocycles. The molecule has 2 heterocycles. The molecule has 4 amide bonds. The predicted octanol–water partition coefficient (Wildman–Crippen LogP) is 2.88. The largest absolute Gasteiger partial charge is 0.300 e. The average molecular weight is 539 g/mol. The lowest BCUT2D eigenvalue weighted by Crippen LogP contribution is -2.37. The standard InChI is InChI=1S/2C13H19NO3S/c2*1-8(15)10-4-2-9(3-5-10)7-14-12(16)6-11(18)13(14)17/h2*9-11,18H,2-7H2,1H3. The maximum Gasteiger partial charge on any atom is 0.242 e. The van der Waals surface area contributed by atoms with Crippen molar-refractivity contribution in [3.8, 4) is 0 Å². The zero-order valence-electron chi connectivity index (χ0n) is 21.2. The van der Waals surface area contributed by atoms with E-state index < -0.39 is 10.5 Å². The van der Waals surface area contributed by atoms with E-state index in [0.29, 0.717) is 24.9 Å². The zero-order valence-corrected chi connectivity index (χ0v) is 23.0. The Bertz CT molecular complexity index is 821. The van der Waals surface area contributed by atoms with E-state index in [9.17, 15) is 28.8 Å². The van der Waals surface area contributed by atoms with Crippen LogP contribution in [0.5, 0.6) is 0 Å². The first-order valence-electron chi connectivity index (χ1n) is 13.0. The number of imide groups is 2. The molecular formula is C26H38N2O6S2. The Hall–Kier alpha value is -1.68. The summed E-state index contributed by atoms with van der Waals surface area (Å²) in [6.07, 6.45) is 7.73. The molecule has 10 heteroatoms. The summed E-state index contributed by atoms with van der Waals surface area (Å²) in [6.45, 7) is 4.31. The number of thiol groups is 2. The molecule has 0 spiro atoms. The van der Waals surface area contributed by atoms with E-state index in [1.807, 2.05) is 0 Å². The summed E-state index contributed by atoms with van der Waals surface area (Å²) in [4.78, 5) is 72.0. The van der Waals surface area contributed by atoms with Gasteiger partial charge in [-0.25, -0.2) is 0 Å². The normalized spacial score (nSPS) is 33.0. The molecule has 0 bridgehead atoms. The molecule has 2 aliphatic carbocycles. The molecule has 4 rings (SSSR count). The molecule has 2 aliphatic heterocycles. The van der Waals surface area contributed by atoms with Crippen LogP contribution in [0.3, 0.4) is 0 Å². The Morgan fingerprint density at radius 3 is 1.17 bits per heavy atom. The van der Waals surface area contributed by atoms with Gasteiger partial charge < -0.3 is 0 Å². The zero-order chi connectivity index (χ0) is 26.6. The molecule has 200 valence electrons. The Kier molecular flexibility index (Phi) is 10.2. The van der Waals surface area contributed by atoms with E-state index in [0.717, 1.165) is 51.4 Å². The van der Waals surface area contributed by atoms with Gasteiger partial charge in [0.05, 0.1) is 10.5 Å². The SMILES string of the molecule is CC(=O)C1CCC(CN2C(=O)CC(S)C2=O)CC1.CC(=O)C1CCC(CN2C(=O)CC(S)C2=O)CC1. The average Bonchev–Trinajstić information content (AvgIpc) is 3.22. The topological polar surface area (TPSA) is 109 Å². The number of amides is 4. The predicted molar refractivity (Wildman–Crippen MR) is 140 cm³/mol. The minimum Gasteiger partial charge on any atom is -0.300 e. The van der Waals surface area contributed by atoms with Gasteiger partial charge in [0, 0.05) is 37.8 Å². The number of nitrogens with zero attached hydrogens (tertiary/aromatic N) is 2. The minimum absolute atomic E-state index is 0.103.